The van der Waals surface area contributed by atoms with Gasteiger partial charge in [0.1, 0.15) is 16.3 Å². The third-order valence-electron chi connectivity index (χ3n) is 5.12. The molecular weight excluding hydrogens is 450 g/mol. The van der Waals surface area contributed by atoms with Crippen LogP contribution < -0.4 is 21.3 Å². The maximum Gasteiger partial charge on any atom is 0.298 e. The number of para-hydroxylation sites is 1. The maximum atomic E-state index is 13.0. The first kappa shape index (κ1) is 21.4. The quantitative estimate of drug-likeness (QED) is 0.383. The first-order valence-electron chi connectivity index (χ1n) is 10.4. The Morgan fingerprint density at radius 3 is 2.68 bits per heavy atom. The molecule has 0 aliphatic heterocycles. The van der Waals surface area contributed by atoms with E-state index < -0.39 is 5.56 Å². The average Bonchev–Trinajstić information content (AvgIpc) is 3.26. The number of nitrogens with zero attached hydrogens (tertiary/aromatic N) is 3. The minimum absolute atomic E-state index is 0.153. The van der Waals surface area contributed by atoms with Crippen molar-refractivity contribution >= 4 is 39.1 Å². The smallest absolute Gasteiger partial charge is 0.298 e. The number of aryl methyl sites for hydroxylation is 1. The SMILES string of the molecule is Cc1ccc(-n2c(=O)c(N)nc3sc(C(=O)Nc4cccnc4)cc32)cc1Oc1ccccc1. The Kier molecular flexibility index (Phi) is 5.52. The fraction of sp³-hybridized carbons (Fsp3) is 0.0400. The fourth-order valence-electron chi connectivity index (χ4n) is 3.44. The number of carbonyl (C=O) groups is 1. The van der Waals surface area contributed by atoms with Crippen LogP contribution in [0.1, 0.15) is 15.2 Å². The van der Waals surface area contributed by atoms with Crippen LogP contribution in [-0.2, 0) is 0 Å². The first-order chi connectivity index (χ1) is 16.5. The number of rotatable bonds is 5. The van der Waals surface area contributed by atoms with Gasteiger partial charge in [0.05, 0.1) is 28.0 Å². The molecule has 3 aromatic heterocycles. The predicted molar refractivity (Wildman–Crippen MR) is 133 cm³/mol. The summed E-state index contributed by atoms with van der Waals surface area (Å²) in [5.41, 5.74) is 7.98. The molecule has 9 heteroatoms. The van der Waals surface area contributed by atoms with E-state index in [1.54, 1.807) is 42.7 Å². The topological polar surface area (TPSA) is 112 Å². The van der Waals surface area contributed by atoms with Crippen LogP contribution in [0.5, 0.6) is 11.5 Å². The minimum atomic E-state index is -0.473. The number of benzene rings is 2. The summed E-state index contributed by atoms with van der Waals surface area (Å²) in [6.07, 6.45) is 3.18. The average molecular weight is 470 g/mol. The molecule has 8 nitrogen and oxygen atoms in total. The molecule has 3 heterocycles. The molecule has 168 valence electrons. The Balaban J connectivity index is 1.58. The molecule has 0 aliphatic rings. The Hall–Kier alpha value is -4.50. The molecule has 3 N–H and O–H groups in total. The van der Waals surface area contributed by atoms with Crippen LogP contribution in [0.25, 0.3) is 16.0 Å². The van der Waals surface area contributed by atoms with Crippen LogP contribution in [0.3, 0.4) is 0 Å². The van der Waals surface area contributed by atoms with Gasteiger partial charge in [-0.1, -0.05) is 24.3 Å². The molecule has 0 saturated heterocycles. The van der Waals surface area contributed by atoms with Crippen LogP contribution in [0.15, 0.2) is 83.9 Å². The van der Waals surface area contributed by atoms with E-state index in [1.807, 2.05) is 43.3 Å². The number of aromatic nitrogens is 3. The molecule has 0 saturated carbocycles. The molecule has 5 rings (SSSR count). The van der Waals surface area contributed by atoms with E-state index in [2.05, 4.69) is 15.3 Å². The van der Waals surface area contributed by atoms with Gasteiger partial charge in [0.25, 0.3) is 11.5 Å². The van der Waals surface area contributed by atoms with Crippen LogP contribution in [0.4, 0.5) is 11.5 Å². The number of hydrogen-bond donors (Lipinski definition) is 2. The van der Waals surface area contributed by atoms with E-state index in [4.69, 9.17) is 10.5 Å². The number of carbonyl (C=O) groups excluding carboxylic acids is 1. The molecule has 0 radical (unpaired) electrons. The zero-order chi connectivity index (χ0) is 23.7. The summed E-state index contributed by atoms with van der Waals surface area (Å²) in [4.78, 5) is 34.9. The third kappa shape index (κ3) is 4.12. The fourth-order valence-corrected chi connectivity index (χ4v) is 4.37. The van der Waals surface area contributed by atoms with Gasteiger partial charge in [-0.05, 0) is 48.9 Å². The lowest BCUT2D eigenvalue weighted by atomic mass is 10.2. The van der Waals surface area contributed by atoms with E-state index in [0.29, 0.717) is 38.1 Å². The van der Waals surface area contributed by atoms with Crippen molar-refractivity contribution in [3.05, 3.63) is 99.9 Å². The number of amides is 1. The van der Waals surface area contributed by atoms with Crippen molar-refractivity contribution in [2.45, 2.75) is 6.92 Å². The van der Waals surface area contributed by atoms with Gasteiger partial charge in [0.2, 0.25) is 0 Å². The van der Waals surface area contributed by atoms with Crippen molar-refractivity contribution in [2.24, 2.45) is 0 Å². The number of anilines is 2. The Bertz CT molecular complexity index is 1560. The van der Waals surface area contributed by atoms with Crippen molar-refractivity contribution in [3.8, 4) is 17.2 Å². The van der Waals surface area contributed by atoms with Crippen LogP contribution in [0, 0.1) is 6.92 Å². The standard InChI is InChI=1S/C25H19N5O3S/c1-15-9-10-17(12-20(15)33-18-7-3-2-4-8-18)30-19-13-21(34-24(19)29-22(26)25(30)32)23(31)28-16-6-5-11-27-14-16/h2-14H,1H3,(H2,26,29)(H,28,31). The number of nitrogen functional groups attached to an aromatic ring is 1. The van der Waals surface area contributed by atoms with Gasteiger partial charge in [-0.15, -0.1) is 11.3 Å². The van der Waals surface area contributed by atoms with Crippen LogP contribution in [-0.4, -0.2) is 20.4 Å². The summed E-state index contributed by atoms with van der Waals surface area (Å²) < 4.78 is 7.48. The van der Waals surface area contributed by atoms with Crippen molar-refractivity contribution in [1.29, 1.82) is 0 Å². The summed E-state index contributed by atoms with van der Waals surface area (Å²) in [6, 6.07) is 19.9. The second-order valence-corrected chi connectivity index (χ2v) is 8.53. The highest BCUT2D eigenvalue weighted by atomic mass is 32.1. The summed E-state index contributed by atoms with van der Waals surface area (Å²) in [6.45, 7) is 1.92. The normalized spacial score (nSPS) is 10.9. The second kappa shape index (κ2) is 8.80. The molecular formula is C25H19N5O3S. The molecule has 0 spiro atoms. The lowest BCUT2D eigenvalue weighted by Crippen LogP contribution is -2.23. The summed E-state index contributed by atoms with van der Waals surface area (Å²) in [5, 5.41) is 2.79. The zero-order valence-electron chi connectivity index (χ0n) is 18.1. The van der Waals surface area contributed by atoms with Gasteiger partial charge in [-0.2, -0.15) is 0 Å². The number of nitrogens with one attached hydrogen (secondary N) is 1. The van der Waals surface area contributed by atoms with Crippen LogP contribution in [0.2, 0.25) is 0 Å². The van der Waals surface area contributed by atoms with Gasteiger partial charge >= 0.3 is 0 Å². The molecule has 0 atom stereocenters. The molecule has 1 amide bonds. The minimum Gasteiger partial charge on any atom is -0.457 e. The Labute approximate surface area is 198 Å². The van der Waals surface area contributed by atoms with Gasteiger partial charge in [0.15, 0.2) is 5.82 Å². The van der Waals surface area contributed by atoms with Crippen molar-refractivity contribution in [2.75, 3.05) is 11.1 Å². The molecule has 0 bridgehead atoms. The van der Waals surface area contributed by atoms with Gasteiger partial charge in [-0.3, -0.25) is 19.1 Å². The Morgan fingerprint density at radius 1 is 1.09 bits per heavy atom. The summed E-state index contributed by atoms with van der Waals surface area (Å²) in [5.74, 6) is 0.800. The number of fused-ring (bicyclic) bond motifs is 1. The zero-order valence-corrected chi connectivity index (χ0v) is 18.9. The van der Waals surface area contributed by atoms with Crippen LogP contribution >= 0.6 is 11.3 Å². The number of thiophene rings is 1. The number of hydrogen-bond acceptors (Lipinski definition) is 7. The Morgan fingerprint density at radius 2 is 1.91 bits per heavy atom. The monoisotopic (exact) mass is 469 g/mol. The molecule has 34 heavy (non-hydrogen) atoms. The lowest BCUT2D eigenvalue weighted by molar-refractivity contribution is 0.103. The molecule has 0 aliphatic carbocycles. The highest BCUT2D eigenvalue weighted by Crippen LogP contribution is 2.30. The predicted octanol–water partition coefficient (Wildman–Crippen LogP) is 4.78. The molecule has 0 unspecified atom stereocenters. The number of pyridine rings is 1. The van der Waals surface area contributed by atoms with Crippen molar-refractivity contribution < 1.29 is 9.53 Å². The number of ether oxygens (including phenoxy) is 1. The van der Waals surface area contributed by atoms with E-state index in [9.17, 15) is 9.59 Å². The molecule has 5 aromatic rings. The van der Waals surface area contributed by atoms with Gasteiger partial charge < -0.3 is 15.8 Å². The molecule has 2 aromatic carbocycles. The summed E-state index contributed by atoms with van der Waals surface area (Å²) >= 11 is 1.15. The second-order valence-electron chi connectivity index (χ2n) is 7.50. The lowest BCUT2D eigenvalue weighted by Gasteiger charge is -2.13. The van der Waals surface area contributed by atoms with E-state index in [-0.39, 0.29) is 11.7 Å². The highest BCUT2D eigenvalue weighted by Gasteiger charge is 2.18. The van der Waals surface area contributed by atoms with E-state index >= 15 is 0 Å². The maximum absolute atomic E-state index is 13.0. The van der Waals surface area contributed by atoms with E-state index in [0.717, 1.165) is 16.9 Å². The highest BCUT2D eigenvalue weighted by molar-refractivity contribution is 7.20. The third-order valence-corrected chi connectivity index (χ3v) is 6.14. The molecule has 0 fully saturated rings. The summed E-state index contributed by atoms with van der Waals surface area (Å²) in [7, 11) is 0. The van der Waals surface area contributed by atoms with Crippen molar-refractivity contribution in [1.82, 2.24) is 14.5 Å². The number of nitrogens with two attached hydrogens (primary N) is 1. The van der Waals surface area contributed by atoms with Gasteiger partial charge in [0, 0.05) is 12.3 Å². The van der Waals surface area contributed by atoms with Crippen molar-refractivity contribution in [3.63, 3.8) is 0 Å². The largest absolute Gasteiger partial charge is 0.457 e. The van der Waals surface area contributed by atoms with Gasteiger partial charge in [-0.25, -0.2) is 4.98 Å². The van der Waals surface area contributed by atoms with E-state index in [1.165, 1.54) is 4.57 Å². The first-order valence-corrected chi connectivity index (χ1v) is 11.2.